The Labute approximate surface area is 132 Å². The summed E-state index contributed by atoms with van der Waals surface area (Å²) in [4.78, 5) is 17.6. The summed E-state index contributed by atoms with van der Waals surface area (Å²) in [7, 11) is 0. The van der Waals surface area contributed by atoms with Crippen molar-refractivity contribution in [1.82, 2.24) is 19.9 Å². The van der Waals surface area contributed by atoms with Crippen LogP contribution in [0.1, 0.15) is 48.6 Å². The number of rotatable bonds is 2. The molecule has 1 fully saturated rings. The number of aromatic amines is 1. The second-order valence-electron chi connectivity index (χ2n) is 5.65. The number of aromatic nitrogens is 4. The fraction of sp³-hybridized carbons (Fsp3) is 0.375. The third-order valence-electron chi connectivity index (χ3n) is 4.22. The Hall–Kier alpha value is -2.26. The van der Waals surface area contributed by atoms with Crippen LogP contribution in [0.5, 0.6) is 0 Å². The number of nitrogens with one attached hydrogen (secondary N) is 1. The minimum atomic E-state index is 0.570. The molecule has 1 saturated carbocycles. The van der Waals surface area contributed by atoms with Crippen molar-refractivity contribution in [3.63, 3.8) is 0 Å². The van der Waals surface area contributed by atoms with Gasteiger partial charge in [0.15, 0.2) is 11.5 Å². The van der Waals surface area contributed by atoms with Gasteiger partial charge in [0.05, 0.1) is 15.4 Å². The van der Waals surface area contributed by atoms with Gasteiger partial charge in [-0.15, -0.1) is 11.3 Å². The summed E-state index contributed by atoms with van der Waals surface area (Å²) >= 11 is 1.71. The van der Waals surface area contributed by atoms with E-state index in [4.69, 9.17) is 5.26 Å². The summed E-state index contributed by atoms with van der Waals surface area (Å²) in [5.41, 5.74) is 1.86. The summed E-state index contributed by atoms with van der Waals surface area (Å²) in [5.74, 6) is 1.36. The number of pyridine rings is 1. The molecule has 1 aliphatic carbocycles. The fourth-order valence-corrected chi connectivity index (χ4v) is 4.09. The molecular weight excluding hydrogens is 294 g/mol. The highest BCUT2D eigenvalue weighted by Gasteiger charge is 2.20. The first-order valence-electron chi connectivity index (χ1n) is 7.56. The highest BCUT2D eigenvalue weighted by molar-refractivity contribution is 7.15. The Morgan fingerprint density at radius 3 is 2.91 bits per heavy atom. The number of H-pyrrole nitrogens is 1. The third-order valence-corrected chi connectivity index (χ3v) is 5.39. The van der Waals surface area contributed by atoms with Crippen molar-refractivity contribution in [1.29, 1.82) is 5.26 Å². The second-order valence-corrected chi connectivity index (χ2v) is 6.71. The molecule has 0 radical (unpaired) electrons. The zero-order chi connectivity index (χ0) is 14.9. The molecule has 0 spiro atoms. The maximum atomic E-state index is 9.15. The Balaban J connectivity index is 1.70. The summed E-state index contributed by atoms with van der Waals surface area (Å²) in [5, 5.41) is 10.4. The van der Waals surface area contributed by atoms with Gasteiger partial charge in [-0.1, -0.05) is 19.3 Å². The molecule has 3 heterocycles. The Morgan fingerprint density at radius 1 is 1.23 bits per heavy atom. The molecule has 6 heteroatoms. The largest absolute Gasteiger partial charge is 0.335 e. The predicted octanol–water partition coefficient (Wildman–Crippen LogP) is 4.00. The Morgan fingerprint density at radius 2 is 2.09 bits per heavy atom. The second kappa shape index (κ2) is 5.50. The smallest absolute Gasteiger partial charge is 0.179 e. The van der Waals surface area contributed by atoms with Crippen LogP contribution in [0.3, 0.4) is 0 Å². The molecule has 0 aromatic carbocycles. The molecule has 5 nitrogen and oxygen atoms in total. The average Bonchev–Trinajstić information content (AvgIpc) is 3.21. The molecule has 110 valence electrons. The summed E-state index contributed by atoms with van der Waals surface area (Å²) in [6, 6.07) is 3.87. The van der Waals surface area contributed by atoms with E-state index in [1.807, 2.05) is 6.20 Å². The normalized spacial score (nSPS) is 16.0. The summed E-state index contributed by atoms with van der Waals surface area (Å²) < 4.78 is 0. The zero-order valence-corrected chi connectivity index (χ0v) is 12.9. The first kappa shape index (κ1) is 13.4. The van der Waals surface area contributed by atoms with E-state index in [1.54, 1.807) is 23.6 Å². The number of hydrogen-bond acceptors (Lipinski definition) is 5. The molecule has 0 amide bonds. The molecular formula is C16H15N5S. The highest BCUT2D eigenvalue weighted by atomic mass is 32.1. The maximum absolute atomic E-state index is 9.15. The van der Waals surface area contributed by atoms with Crippen LogP contribution in [-0.4, -0.2) is 19.9 Å². The van der Waals surface area contributed by atoms with Gasteiger partial charge in [0.25, 0.3) is 0 Å². The van der Waals surface area contributed by atoms with Crippen LogP contribution >= 0.6 is 11.3 Å². The first-order chi connectivity index (χ1) is 10.8. The first-order valence-corrected chi connectivity index (χ1v) is 8.38. The number of thiazole rings is 1. The SMILES string of the molecule is N#Cc1ccnc2nc(-c3cnc(C4CCCCC4)s3)[nH]c12. The van der Waals surface area contributed by atoms with Crippen molar-refractivity contribution in [2.24, 2.45) is 0 Å². The number of hydrogen-bond donors (Lipinski definition) is 1. The molecule has 4 rings (SSSR count). The Bertz CT molecular complexity index is 851. The Kier molecular flexibility index (Phi) is 3.35. The number of nitrogens with zero attached hydrogens (tertiary/aromatic N) is 4. The molecule has 22 heavy (non-hydrogen) atoms. The van der Waals surface area contributed by atoms with Gasteiger partial charge in [0, 0.05) is 18.3 Å². The lowest BCUT2D eigenvalue weighted by Gasteiger charge is -2.18. The lowest BCUT2D eigenvalue weighted by molar-refractivity contribution is 0.442. The molecule has 0 atom stereocenters. The van der Waals surface area contributed by atoms with E-state index in [1.165, 1.54) is 37.1 Å². The van der Waals surface area contributed by atoms with Crippen molar-refractivity contribution in [3.8, 4) is 16.8 Å². The molecule has 0 saturated heterocycles. The van der Waals surface area contributed by atoms with Crippen molar-refractivity contribution in [2.45, 2.75) is 38.0 Å². The quantitative estimate of drug-likeness (QED) is 0.776. The predicted molar refractivity (Wildman–Crippen MR) is 85.5 cm³/mol. The molecule has 3 aromatic rings. The van der Waals surface area contributed by atoms with Crippen LogP contribution in [0, 0.1) is 11.3 Å². The number of nitriles is 1. The van der Waals surface area contributed by atoms with E-state index in [-0.39, 0.29) is 0 Å². The highest BCUT2D eigenvalue weighted by Crippen LogP contribution is 2.37. The molecule has 0 unspecified atom stereocenters. The lowest BCUT2D eigenvalue weighted by atomic mass is 9.90. The van der Waals surface area contributed by atoms with Crippen molar-refractivity contribution < 1.29 is 0 Å². The van der Waals surface area contributed by atoms with E-state index in [2.05, 4.69) is 26.0 Å². The summed E-state index contributed by atoms with van der Waals surface area (Å²) in [6.07, 6.45) is 9.95. The van der Waals surface area contributed by atoms with E-state index in [0.717, 1.165) is 10.7 Å². The average molecular weight is 309 g/mol. The van der Waals surface area contributed by atoms with Gasteiger partial charge >= 0.3 is 0 Å². The van der Waals surface area contributed by atoms with Crippen LogP contribution < -0.4 is 0 Å². The van der Waals surface area contributed by atoms with Gasteiger partial charge in [-0.3, -0.25) is 0 Å². The van der Waals surface area contributed by atoms with Crippen LogP contribution in [0.25, 0.3) is 21.9 Å². The van der Waals surface area contributed by atoms with Crippen molar-refractivity contribution in [2.75, 3.05) is 0 Å². The van der Waals surface area contributed by atoms with Gasteiger partial charge in [-0.25, -0.2) is 15.0 Å². The van der Waals surface area contributed by atoms with Gasteiger partial charge in [-0.2, -0.15) is 5.26 Å². The number of fused-ring (bicyclic) bond motifs is 1. The van der Waals surface area contributed by atoms with Crippen LogP contribution in [0.4, 0.5) is 0 Å². The van der Waals surface area contributed by atoms with E-state index < -0.39 is 0 Å². The van der Waals surface area contributed by atoms with Crippen molar-refractivity contribution >= 4 is 22.5 Å². The molecule has 3 aromatic heterocycles. The lowest BCUT2D eigenvalue weighted by Crippen LogP contribution is -2.03. The zero-order valence-electron chi connectivity index (χ0n) is 12.0. The maximum Gasteiger partial charge on any atom is 0.179 e. The van der Waals surface area contributed by atoms with Crippen LogP contribution in [0.2, 0.25) is 0 Å². The number of imidazole rings is 1. The van der Waals surface area contributed by atoms with Crippen LogP contribution in [0.15, 0.2) is 18.5 Å². The van der Waals surface area contributed by atoms with Crippen molar-refractivity contribution in [3.05, 3.63) is 29.0 Å². The standard InChI is InChI=1S/C16H15N5S/c17-8-11-6-7-18-15-13(11)20-14(21-15)12-9-19-16(22-12)10-4-2-1-3-5-10/h6-7,9-10H,1-5H2,(H,18,20,21). The monoisotopic (exact) mass is 309 g/mol. The van der Waals surface area contributed by atoms with Crippen LogP contribution in [-0.2, 0) is 0 Å². The van der Waals surface area contributed by atoms with Gasteiger partial charge < -0.3 is 4.98 Å². The third kappa shape index (κ3) is 2.28. The van der Waals surface area contributed by atoms with Gasteiger partial charge in [0.1, 0.15) is 11.6 Å². The van der Waals surface area contributed by atoms with E-state index in [0.29, 0.717) is 22.6 Å². The fourth-order valence-electron chi connectivity index (χ4n) is 3.06. The van der Waals surface area contributed by atoms with E-state index >= 15 is 0 Å². The summed E-state index contributed by atoms with van der Waals surface area (Å²) in [6.45, 7) is 0. The topological polar surface area (TPSA) is 78.2 Å². The molecule has 1 N–H and O–H groups in total. The molecule has 1 aliphatic rings. The molecule has 0 aliphatic heterocycles. The van der Waals surface area contributed by atoms with Gasteiger partial charge in [0.2, 0.25) is 0 Å². The minimum Gasteiger partial charge on any atom is -0.335 e. The minimum absolute atomic E-state index is 0.570. The molecule has 0 bridgehead atoms. The van der Waals surface area contributed by atoms with Gasteiger partial charge in [-0.05, 0) is 18.9 Å². The van der Waals surface area contributed by atoms with E-state index in [9.17, 15) is 0 Å².